The van der Waals surface area contributed by atoms with Gasteiger partial charge in [-0.1, -0.05) is 55.8 Å². The molecule has 34 heavy (non-hydrogen) atoms. The number of oxime groups is 1. The minimum absolute atomic E-state index is 0.298. The van der Waals surface area contributed by atoms with Crippen LogP contribution in [0.3, 0.4) is 0 Å². The lowest BCUT2D eigenvalue weighted by atomic mass is 10.1. The highest BCUT2D eigenvalue weighted by Crippen LogP contribution is 2.29. The number of anilines is 1. The number of hydrogen-bond donors (Lipinski definition) is 1. The molecule has 0 saturated heterocycles. The van der Waals surface area contributed by atoms with Crippen LogP contribution in [0.5, 0.6) is 0 Å². The van der Waals surface area contributed by atoms with Crippen molar-refractivity contribution in [2.45, 2.75) is 66.0 Å². The number of unbranched alkanes of at least 4 members (excludes halogenated alkanes) is 4. The van der Waals surface area contributed by atoms with Crippen molar-refractivity contribution in [2.24, 2.45) is 16.1 Å². The van der Waals surface area contributed by atoms with Gasteiger partial charge in [-0.2, -0.15) is 0 Å². The average Bonchev–Trinajstić information content (AvgIpc) is 3.18. The average molecular weight is 461 g/mol. The Labute approximate surface area is 202 Å². The highest BCUT2D eigenvalue weighted by molar-refractivity contribution is 6.06. The molecule has 3 rings (SSSR count). The van der Waals surface area contributed by atoms with Crippen molar-refractivity contribution < 1.29 is 4.84 Å². The summed E-state index contributed by atoms with van der Waals surface area (Å²) in [6, 6.07) is 8.04. The molecule has 0 aliphatic heterocycles. The SMILES string of the molecule is CC=N/C=C\C=C\CCCCC/C=N/OCc1nc2c(N)nc3ccccc3c2n1CC(C)C. The second kappa shape index (κ2) is 13.3. The van der Waals surface area contributed by atoms with Crippen LogP contribution >= 0.6 is 0 Å². The van der Waals surface area contributed by atoms with E-state index in [0.717, 1.165) is 60.0 Å². The summed E-state index contributed by atoms with van der Waals surface area (Å²) in [6.07, 6.45) is 17.0. The zero-order valence-electron chi connectivity index (χ0n) is 20.5. The second-order valence-corrected chi connectivity index (χ2v) is 8.62. The lowest BCUT2D eigenvalue weighted by molar-refractivity contribution is 0.122. The number of nitrogens with two attached hydrogens (primary N) is 1. The molecule has 0 unspecified atom stereocenters. The van der Waals surface area contributed by atoms with Crippen LogP contribution in [0.4, 0.5) is 5.82 Å². The quantitative estimate of drug-likeness (QED) is 0.138. The number of allylic oxidation sites excluding steroid dienone is 3. The highest BCUT2D eigenvalue weighted by atomic mass is 16.6. The summed E-state index contributed by atoms with van der Waals surface area (Å²) in [4.78, 5) is 18.9. The Morgan fingerprint density at radius 3 is 2.74 bits per heavy atom. The number of imidazole rings is 1. The van der Waals surface area contributed by atoms with E-state index in [2.05, 4.69) is 45.7 Å². The van der Waals surface area contributed by atoms with Crippen LogP contribution in [-0.4, -0.2) is 27.0 Å². The fraction of sp³-hybridized carbons (Fsp3) is 0.407. The van der Waals surface area contributed by atoms with Crippen LogP contribution < -0.4 is 5.73 Å². The summed E-state index contributed by atoms with van der Waals surface area (Å²) < 4.78 is 2.20. The van der Waals surface area contributed by atoms with Gasteiger partial charge >= 0.3 is 0 Å². The summed E-state index contributed by atoms with van der Waals surface area (Å²) in [5, 5.41) is 5.21. The number of nitrogen functional groups attached to an aromatic ring is 1. The van der Waals surface area contributed by atoms with Crippen molar-refractivity contribution in [1.29, 1.82) is 0 Å². The maximum Gasteiger partial charge on any atom is 0.174 e. The zero-order valence-corrected chi connectivity index (χ0v) is 20.5. The molecule has 7 heteroatoms. The molecule has 0 aliphatic rings. The smallest absolute Gasteiger partial charge is 0.174 e. The number of aliphatic imine (C=N–C) groups is 1. The first-order valence-corrected chi connectivity index (χ1v) is 12.1. The van der Waals surface area contributed by atoms with Gasteiger partial charge in [0.25, 0.3) is 0 Å². The van der Waals surface area contributed by atoms with Crippen molar-refractivity contribution in [3.63, 3.8) is 0 Å². The number of benzene rings is 1. The van der Waals surface area contributed by atoms with Gasteiger partial charge in [-0.25, -0.2) is 9.97 Å². The Hall–Kier alpha value is -3.48. The van der Waals surface area contributed by atoms with E-state index in [1.165, 1.54) is 6.42 Å². The van der Waals surface area contributed by atoms with E-state index in [-0.39, 0.29) is 0 Å². The van der Waals surface area contributed by atoms with E-state index >= 15 is 0 Å². The van der Waals surface area contributed by atoms with Crippen molar-refractivity contribution in [3.05, 3.63) is 54.5 Å². The highest BCUT2D eigenvalue weighted by Gasteiger charge is 2.18. The second-order valence-electron chi connectivity index (χ2n) is 8.62. The number of rotatable bonds is 13. The topological polar surface area (TPSA) is 90.7 Å². The molecule has 0 spiro atoms. The Bertz CT molecular complexity index is 1170. The number of nitrogens with zero attached hydrogens (tertiary/aromatic N) is 5. The van der Waals surface area contributed by atoms with E-state index in [9.17, 15) is 0 Å². The molecule has 0 bridgehead atoms. The van der Waals surface area contributed by atoms with Gasteiger partial charge in [0.15, 0.2) is 18.2 Å². The van der Waals surface area contributed by atoms with Gasteiger partial charge in [0, 0.05) is 30.6 Å². The molecule has 0 aliphatic carbocycles. The molecular weight excluding hydrogens is 424 g/mol. The van der Waals surface area contributed by atoms with E-state index in [1.807, 2.05) is 43.5 Å². The molecule has 1 aromatic carbocycles. The molecule has 0 amide bonds. The first-order valence-electron chi connectivity index (χ1n) is 12.1. The molecule has 2 aromatic heterocycles. The van der Waals surface area contributed by atoms with E-state index in [1.54, 1.807) is 12.4 Å². The third kappa shape index (κ3) is 7.01. The maximum absolute atomic E-state index is 6.25. The molecule has 0 fully saturated rings. The Balaban J connectivity index is 1.54. The zero-order chi connectivity index (χ0) is 24.2. The number of fused-ring (bicyclic) bond motifs is 3. The van der Waals surface area contributed by atoms with Crippen molar-refractivity contribution in [1.82, 2.24) is 14.5 Å². The lowest BCUT2D eigenvalue weighted by Crippen LogP contribution is -2.09. The molecule has 0 radical (unpaired) electrons. The summed E-state index contributed by atoms with van der Waals surface area (Å²) in [6.45, 7) is 7.40. The maximum atomic E-state index is 6.25. The number of para-hydroxylation sites is 1. The number of aromatic nitrogens is 3. The lowest BCUT2D eigenvalue weighted by Gasteiger charge is -2.12. The normalized spacial score (nSPS) is 12.7. The molecule has 180 valence electrons. The van der Waals surface area contributed by atoms with Gasteiger partial charge in [-0.15, -0.1) is 0 Å². The molecule has 2 heterocycles. The van der Waals surface area contributed by atoms with Crippen LogP contribution in [0.15, 0.2) is 58.8 Å². The monoisotopic (exact) mass is 460 g/mol. The summed E-state index contributed by atoms with van der Waals surface area (Å²) in [5.74, 6) is 1.71. The standard InChI is InChI=1S/C27H36N6O/c1-4-29-17-13-9-7-5-6-8-10-14-18-30-34-20-24-32-25-26(33(24)19-21(2)3)22-15-11-12-16-23(22)31-27(25)28/h4,7,9,11-13,15-18,21H,5-6,8,10,14,19-20H2,1-3H3,(H2,28,31)/b9-7+,17-13-,29-4?,30-18+. The Morgan fingerprint density at radius 1 is 1.09 bits per heavy atom. The number of hydrogen-bond acceptors (Lipinski definition) is 6. The van der Waals surface area contributed by atoms with Gasteiger partial charge in [-0.3, -0.25) is 4.99 Å². The fourth-order valence-corrected chi connectivity index (χ4v) is 3.81. The predicted octanol–water partition coefficient (Wildman–Crippen LogP) is 6.44. The first-order chi connectivity index (χ1) is 16.6. The third-order valence-electron chi connectivity index (χ3n) is 5.35. The van der Waals surface area contributed by atoms with E-state index in [4.69, 9.17) is 15.6 Å². The van der Waals surface area contributed by atoms with Crippen LogP contribution in [0.2, 0.25) is 0 Å². The molecule has 0 atom stereocenters. The minimum atomic E-state index is 0.298. The predicted molar refractivity (Wildman–Crippen MR) is 143 cm³/mol. The van der Waals surface area contributed by atoms with Gasteiger partial charge in [0.05, 0.1) is 11.0 Å². The molecular formula is C27H36N6O. The van der Waals surface area contributed by atoms with Crippen molar-refractivity contribution >= 4 is 40.2 Å². The fourth-order valence-electron chi connectivity index (χ4n) is 3.81. The van der Waals surface area contributed by atoms with Crippen LogP contribution in [-0.2, 0) is 18.0 Å². The van der Waals surface area contributed by atoms with Crippen molar-refractivity contribution in [2.75, 3.05) is 5.73 Å². The van der Waals surface area contributed by atoms with Gasteiger partial charge in [0.2, 0.25) is 0 Å². The summed E-state index contributed by atoms with van der Waals surface area (Å²) in [7, 11) is 0. The van der Waals surface area contributed by atoms with Crippen LogP contribution in [0.1, 0.15) is 58.7 Å². The Morgan fingerprint density at radius 2 is 1.91 bits per heavy atom. The third-order valence-corrected chi connectivity index (χ3v) is 5.35. The van der Waals surface area contributed by atoms with Gasteiger partial charge < -0.3 is 15.1 Å². The summed E-state index contributed by atoms with van der Waals surface area (Å²) in [5.41, 5.74) is 8.86. The summed E-state index contributed by atoms with van der Waals surface area (Å²) >= 11 is 0. The van der Waals surface area contributed by atoms with E-state index < -0.39 is 0 Å². The first kappa shape index (κ1) is 25.1. The van der Waals surface area contributed by atoms with Crippen LogP contribution in [0, 0.1) is 5.92 Å². The van der Waals surface area contributed by atoms with Crippen molar-refractivity contribution in [3.8, 4) is 0 Å². The Kier molecular flexibility index (Phi) is 9.82. The molecule has 2 N–H and O–H groups in total. The minimum Gasteiger partial charge on any atom is -0.388 e. The largest absolute Gasteiger partial charge is 0.388 e. The van der Waals surface area contributed by atoms with E-state index in [0.29, 0.717) is 18.3 Å². The molecule has 3 aromatic rings. The number of pyridine rings is 1. The van der Waals surface area contributed by atoms with Gasteiger partial charge in [-0.05, 0) is 50.7 Å². The molecule has 0 saturated carbocycles. The van der Waals surface area contributed by atoms with Crippen LogP contribution in [0.25, 0.3) is 21.9 Å². The molecule has 7 nitrogen and oxygen atoms in total. The van der Waals surface area contributed by atoms with Gasteiger partial charge in [0.1, 0.15) is 5.52 Å².